The van der Waals surface area contributed by atoms with Crippen LogP contribution in [0.25, 0.3) is 0 Å². The topological polar surface area (TPSA) is 96.4 Å². The van der Waals surface area contributed by atoms with Crippen LogP contribution in [0.2, 0.25) is 0 Å². The number of carbonyl (C=O) groups excluding carboxylic acids is 1. The Morgan fingerprint density at radius 2 is 1.74 bits per heavy atom. The van der Waals surface area contributed by atoms with E-state index in [9.17, 15) is 4.79 Å². The van der Waals surface area contributed by atoms with Crippen molar-refractivity contribution in [3.8, 4) is 6.01 Å². The summed E-state index contributed by atoms with van der Waals surface area (Å²) in [7, 11) is 0. The maximum atomic E-state index is 12.4. The number of benzene rings is 1. The molecular formula is C22H25N7O2. The number of ether oxygens (including phenoxy) is 1. The van der Waals surface area contributed by atoms with E-state index in [4.69, 9.17) is 4.74 Å². The van der Waals surface area contributed by atoms with Crippen LogP contribution in [0.4, 0.5) is 17.3 Å². The van der Waals surface area contributed by atoms with Crippen LogP contribution in [-0.2, 0) is 4.79 Å². The Morgan fingerprint density at radius 3 is 2.45 bits per heavy atom. The lowest BCUT2D eigenvalue weighted by Gasteiger charge is -2.35. The van der Waals surface area contributed by atoms with Gasteiger partial charge in [0.1, 0.15) is 17.5 Å². The minimum atomic E-state index is -0.0762. The van der Waals surface area contributed by atoms with Gasteiger partial charge in [-0.05, 0) is 32.0 Å². The lowest BCUT2D eigenvalue weighted by Crippen LogP contribution is -2.50. The summed E-state index contributed by atoms with van der Waals surface area (Å²) in [6, 6.07) is 12.0. The molecule has 0 saturated carbocycles. The first kappa shape index (κ1) is 20.5. The van der Waals surface area contributed by atoms with Gasteiger partial charge in [-0.3, -0.25) is 4.79 Å². The summed E-state index contributed by atoms with van der Waals surface area (Å²) in [5.41, 5.74) is 2.19. The van der Waals surface area contributed by atoms with Crippen molar-refractivity contribution in [3.63, 3.8) is 0 Å². The van der Waals surface area contributed by atoms with E-state index in [1.807, 2.05) is 25.1 Å². The Bertz CT molecular complexity index is 1020. The molecule has 1 aliphatic rings. The third-order valence-corrected chi connectivity index (χ3v) is 4.97. The first-order chi connectivity index (χ1) is 15.1. The molecule has 9 heteroatoms. The standard InChI is InChI=1S/C22H25N7O2/c1-16-4-6-18(7-5-16)27-19-14-20(26-17(2)25-19)28-10-12-29(13-11-28)21(30)15-31-22-23-8-3-9-24-22/h3-9,14H,10-13,15H2,1-2H3,(H,25,26,27). The van der Waals surface area contributed by atoms with Crippen molar-refractivity contribution in [2.24, 2.45) is 0 Å². The number of rotatable bonds is 6. The summed E-state index contributed by atoms with van der Waals surface area (Å²) in [5.74, 6) is 2.22. The zero-order valence-electron chi connectivity index (χ0n) is 17.7. The molecule has 0 aliphatic carbocycles. The van der Waals surface area contributed by atoms with Gasteiger partial charge >= 0.3 is 6.01 Å². The maximum Gasteiger partial charge on any atom is 0.316 e. The summed E-state index contributed by atoms with van der Waals surface area (Å²) in [5, 5.41) is 3.34. The van der Waals surface area contributed by atoms with Crippen LogP contribution in [0.1, 0.15) is 11.4 Å². The zero-order chi connectivity index (χ0) is 21.6. The molecular weight excluding hydrogens is 394 g/mol. The van der Waals surface area contributed by atoms with Gasteiger partial charge in [-0.1, -0.05) is 17.7 Å². The van der Waals surface area contributed by atoms with Crippen molar-refractivity contribution in [3.05, 3.63) is 60.2 Å². The quantitative estimate of drug-likeness (QED) is 0.650. The Labute approximate surface area is 181 Å². The number of aryl methyl sites for hydroxylation is 2. The molecule has 0 unspecified atom stereocenters. The molecule has 1 aromatic carbocycles. The van der Waals surface area contributed by atoms with Crippen molar-refractivity contribution in [1.29, 1.82) is 0 Å². The lowest BCUT2D eigenvalue weighted by atomic mass is 10.2. The second-order valence-corrected chi connectivity index (χ2v) is 7.34. The van der Waals surface area contributed by atoms with E-state index >= 15 is 0 Å². The molecule has 2 aromatic heterocycles. The summed E-state index contributed by atoms with van der Waals surface area (Å²) >= 11 is 0. The number of hydrogen-bond acceptors (Lipinski definition) is 8. The molecule has 4 rings (SSSR count). The van der Waals surface area contributed by atoms with Crippen molar-refractivity contribution < 1.29 is 9.53 Å². The van der Waals surface area contributed by atoms with Gasteiger partial charge < -0.3 is 19.9 Å². The van der Waals surface area contributed by atoms with Gasteiger partial charge in [-0.25, -0.2) is 19.9 Å². The first-order valence-electron chi connectivity index (χ1n) is 10.2. The third kappa shape index (κ3) is 5.44. The van der Waals surface area contributed by atoms with Crippen LogP contribution >= 0.6 is 0 Å². The number of carbonyl (C=O) groups is 1. The van der Waals surface area contributed by atoms with E-state index < -0.39 is 0 Å². The highest BCUT2D eigenvalue weighted by Gasteiger charge is 2.23. The Kier molecular flexibility index (Phi) is 6.21. The number of amides is 1. The minimum absolute atomic E-state index is 0.0682. The smallest absolute Gasteiger partial charge is 0.316 e. The van der Waals surface area contributed by atoms with E-state index in [2.05, 4.69) is 49.2 Å². The fraction of sp³-hybridized carbons (Fsp3) is 0.318. The second kappa shape index (κ2) is 9.38. The van der Waals surface area contributed by atoms with Crippen LogP contribution in [0, 0.1) is 13.8 Å². The van der Waals surface area contributed by atoms with Crippen LogP contribution in [0.15, 0.2) is 48.8 Å². The van der Waals surface area contributed by atoms with Gasteiger partial charge in [0.15, 0.2) is 6.61 Å². The predicted octanol–water partition coefficient (Wildman–Crippen LogP) is 2.35. The van der Waals surface area contributed by atoms with E-state index in [1.54, 1.807) is 23.4 Å². The molecule has 0 spiro atoms. The number of aromatic nitrogens is 4. The van der Waals surface area contributed by atoms with Gasteiger partial charge in [-0.2, -0.15) is 0 Å². The first-order valence-corrected chi connectivity index (χ1v) is 10.2. The average molecular weight is 419 g/mol. The fourth-order valence-electron chi connectivity index (χ4n) is 3.33. The Morgan fingerprint density at radius 1 is 1.03 bits per heavy atom. The van der Waals surface area contributed by atoms with Gasteiger partial charge in [-0.15, -0.1) is 0 Å². The average Bonchev–Trinajstić information content (AvgIpc) is 2.79. The summed E-state index contributed by atoms with van der Waals surface area (Å²) < 4.78 is 5.37. The van der Waals surface area contributed by atoms with Gasteiger partial charge in [0.2, 0.25) is 0 Å². The van der Waals surface area contributed by atoms with E-state index in [0.29, 0.717) is 32.0 Å². The molecule has 160 valence electrons. The highest BCUT2D eigenvalue weighted by molar-refractivity contribution is 5.78. The normalized spacial score (nSPS) is 13.7. The van der Waals surface area contributed by atoms with Gasteiger partial charge in [0.05, 0.1) is 0 Å². The SMILES string of the molecule is Cc1ccc(Nc2cc(N3CCN(C(=O)COc4ncccn4)CC3)nc(C)n2)cc1. The van der Waals surface area contributed by atoms with E-state index in [1.165, 1.54) is 5.56 Å². The number of piperazine rings is 1. The van der Waals surface area contributed by atoms with Crippen LogP contribution in [-0.4, -0.2) is 63.5 Å². The van der Waals surface area contributed by atoms with Crippen molar-refractivity contribution >= 4 is 23.2 Å². The maximum absolute atomic E-state index is 12.4. The monoisotopic (exact) mass is 419 g/mol. The minimum Gasteiger partial charge on any atom is -0.453 e. The predicted molar refractivity (Wildman–Crippen MR) is 118 cm³/mol. The molecule has 9 nitrogen and oxygen atoms in total. The largest absolute Gasteiger partial charge is 0.453 e. The Balaban J connectivity index is 1.34. The fourth-order valence-corrected chi connectivity index (χ4v) is 3.33. The molecule has 31 heavy (non-hydrogen) atoms. The van der Waals surface area contributed by atoms with Gasteiger partial charge in [0.25, 0.3) is 5.91 Å². The third-order valence-electron chi connectivity index (χ3n) is 4.97. The molecule has 3 aromatic rings. The van der Waals surface area contributed by atoms with Crippen molar-refractivity contribution in [2.45, 2.75) is 13.8 Å². The molecule has 0 bridgehead atoms. The van der Waals surface area contributed by atoms with Gasteiger partial charge in [0, 0.05) is 50.3 Å². The molecule has 0 radical (unpaired) electrons. The highest BCUT2D eigenvalue weighted by Crippen LogP contribution is 2.21. The van der Waals surface area contributed by atoms with Crippen molar-refractivity contribution in [2.75, 3.05) is 43.0 Å². The number of nitrogens with one attached hydrogen (secondary N) is 1. The molecule has 1 N–H and O–H groups in total. The van der Waals surface area contributed by atoms with Crippen LogP contribution < -0.4 is 15.0 Å². The van der Waals surface area contributed by atoms with Crippen LogP contribution in [0.5, 0.6) is 6.01 Å². The van der Waals surface area contributed by atoms with E-state index in [-0.39, 0.29) is 18.5 Å². The lowest BCUT2D eigenvalue weighted by molar-refractivity contribution is -0.133. The summed E-state index contributed by atoms with van der Waals surface area (Å²) in [4.78, 5) is 33.4. The van der Waals surface area contributed by atoms with Crippen LogP contribution in [0.3, 0.4) is 0 Å². The van der Waals surface area contributed by atoms with E-state index in [0.717, 1.165) is 17.3 Å². The Hall–Kier alpha value is -3.75. The molecule has 3 heterocycles. The zero-order valence-corrected chi connectivity index (χ0v) is 17.7. The summed E-state index contributed by atoms with van der Waals surface area (Å²) in [6.45, 7) is 6.45. The number of anilines is 3. The highest BCUT2D eigenvalue weighted by atomic mass is 16.5. The summed E-state index contributed by atoms with van der Waals surface area (Å²) in [6.07, 6.45) is 3.16. The van der Waals surface area contributed by atoms with Crippen molar-refractivity contribution in [1.82, 2.24) is 24.8 Å². The molecule has 1 fully saturated rings. The number of nitrogens with zero attached hydrogens (tertiary/aromatic N) is 6. The molecule has 1 amide bonds. The molecule has 1 aliphatic heterocycles. The number of hydrogen-bond donors (Lipinski definition) is 1. The second-order valence-electron chi connectivity index (χ2n) is 7.34. The molecule has 0 atom stereocenters. The molecule has 1 saturated heterocycles.